The largest absolute Gasteiger partial charge is 0.489 e. The number of hydrazone groups is 1. The molecule has 0 spiro atoms. The van der Waals surface area contributed by atoms with Gasteiger partial charge in [-0.05, 0) is 36.8 Å². The first-order chi connectivity index (χ1) is 8.65. The Morgan fingerprint density at radius 2 is 1.94 bits per heavy atom. The number of nitrogens with one attached hydrogen (secondary N) is 1. The summed E-state index contributed by atoms with van der Waals surface area (Å²) in [5.74, 6) is 0.716. The SMILES string of the molecule is C=C(C)COc1ccc(NN=C(C#N)C#N)cc1. The number of benzene rings is 1. The maximum Gasteiger partial charge on any atom is 0.237 e. The Bertz CT molecular complexity index is 516. The monoisotopic (exact) mass is 240 g/mol. The van der Waals surface area contributed by atoms with Crippen LogP contribution in [0, 0.1) is 22.7 Å². The summed E-state index contributed by atoms with van der Waals surface area (Å²) in [5, 5.41) is 20.6. The Hall–Kier alpha value is -2.79. The molecule has 0 radical (unpaired) electrons. The van der Waals surface area contributed by atoms with Crippen LogP contribution in [0.4, 0.5) is 5.69 Å². The van der Waals surface area contributed by atoms with Crippen LogP contribution in [0.25, 0.3) is 0 Å². The second-order valence-corrected chi connectivity index (χ2v) is 3.57. The van der Waals surface area contributed by atoms with Gasteiger partial charge in [0, 0.05) is 0 Å². The van der Waals surface area contributed by atoms with Crippen molar-refractivity contribution in [2.75, 3.05) is 12.0 Å². The third-order valence-corrected chi connectivity index (χ3v) is 1.85. The minimum atomic E-state index is -0.224. The van der Waals surface area contributed by atoms with Crippen molar-refractivity contribution < 1.29 is 4.74 Å². The minimum Gasteiger partial charge on any atom is -0.489 e. The predicted octanol–water partition coefficient (Wildman–Crippen LogP) is 2.46. The van der Waals surface area contributed by atoms with Crippen LogP contribution >= 0.6 is 0 Å². The minimum absolute atomic E-state index is 0.224. The molecule has 0 aliphatic carbocycles. The van der Waals surface area contributed by atoms with Crippen LogP contribution in [0.3, 0.4) is 0 Å². The van der Waals surface area contributed by atoms with E-state index in [1.165, 1.54) is 0 Å². The van der Waals surface area contributed by atoms with Gasteiger partial charge in [0.15, 0.2) is 0 Å². The van der Waals surface area contributed by atoms with Crippen molar-refractivity contribution in [2.45, 2.75) is 6.92 Å². The van der Waals surface area contributed by atoms with E-state index in [0.29, 0.717) is 18.0 Å². The predicted molar refractivity (Wildman–Crippen MR) is 69.0 cm³/mol. The Balaban J connectivity index is 2.61. The maximum atomic E-state index is 8.50. The van der Waals surface area contributed by atoms with Crippen molar-refractivity contribution in [3.8, 4) is 17.9 Å². The van der Waals surface area contributed by atoms with Gasteiger partial charge in [0.2, 0.25) is 5.71 Å². The van der Waals surface area contributed by atoms with E-state index in [1.807, 2.05) is 6.92 Å². The van der Waals surface area contributed by atoms with Gasteiger partial charge in [-0.25, -0.2) is 0 Å². The fourth-order valence-corrected chi connectivity index (χ4v) is 1.03. The fourth-order valence-electron chi connectivity index (χ4n) is 1.03. The molecule has 0 atom stereocenters. The smallest absolute Gasteiger partial charge is 0.237 e. The summed E-state index contributed by atoms with van der Waals surface area (Å²) >= 11 is 0. The fraction of sp³-hybridized carbons (Fsp3) is 0.154. The van der Waals surface area contributed by atoms with Crippen LogP contribution in [0.1, 0.15) is 6.92 Å². The highest BCUT2D eigenvalue weighted by Crippen LogP contribution is 2.16. The van der Waals surface area contributed by atoms with Gasteiger partial charge in [-0.3, -0.25) is 5.43 Å². The van der Waals surface area contributed by atoms with Gasteiger partial charge in [0.1, 0.15) is 24.5 Å². The normalized spacial score (nSPS) is 8.61. The van der Waals surface area contributed by atoms with Gasteiger partial charge in [-0.15, -0.1) is 0 Å². The molecule has 5 nitrogen and oxygen atoms in total. The van der Waals surface area contributed by atoms with E-state index in [0.717, 1.165) is 5.57 Å². The van der Waals surface area contributed by atoms with Crippen molar-refractivity contribution in [3.05, 3.63) is 36.4 Å². The van der Waals surface area contributed by atoms with Gasteiger partial charge >= 0.3 is 0 Å². The molecule has 0 fully saturated rings. The van der Waals surface area contributed by atoms with E-state index in [4.69, 9.17) is 15.3 Å². The first-order valence-electron chi connectivity index (χ1n) is 5.17. The summed E-state index contributed by atoms with van der Waals surface area (Å²) in [6.07, 6.45) is 0. The molecule has 0 aromatic heterocycles. The van der Waals surface area contributed by atoms with E-state index in [2.05, 4.69) is 17.1 Å². The van der Waals surface area contributed by atoms with E-state index in [1.54, 1.807) is 36.4 Å². The lowest BCUT2D eigenvalue weighted by molar-refractivity contribution is 0.353. The summed E-state index contributed by atoms with van der Waals surface area (Å²) in [4.78, 5) is 0. The topological polar surface area (TPSA) is 81.2 Å². The van der Waals surface area contributed by atoms with Crippen LogP contribution in [-0.4, -0.2) is 12.3 Å². The highest BCUT2D eigenvalue weighted by molar-refractivity contribution is 6.10. The van der Waals surface area contributed by atoms with Gasteiger partial charge in [0.25, 0.3) is 0 Å². The Morgan fingerprint density at radius 3 is 2.44 bits per heavy atom. The molecule has 0 aliphatic heterocycles. The van der Waals surface area contributed by atoms with Gasteiger partial charge in [-0.2, -0.15) is 15.6 Å². The summed E-state index contributed by atoms with van der Waals surface area (Å²) < 4.78 is 5.42. The summed E-state index contributed by atoms with van der Waals surface area (Å²) in [7, 11) is 0. The van der Waals surface area contributed by atoms with Crippen LogP contribution < -0.4 is 10.2 Å². The van der Waals surface area contributed by atoms with Crippen molar-refractivity contribution in [1.82, 2.24) is 0 Å². The highest BCUT2D eigenvalue weighted by Gasteiger charge is 1.96. The van der Waals surface area contributed by atoms with Gasteiger partial charge in [-0.1, -0.05) is 6.58 Å². The number of anilines is 1. The molecule has 90 valence electrons. The molecule has 0 saturated heterocycles. The van der Waals surface area contributed by atoms with Crippen LogP contribution in [-0.2, 0) is 0 Å². The van der Waals surface area contributed by atoms with Gasteiger partial charge in [0.05, 0.1) is 5.69 Å². The van der Waals surface area contributed by atoms with E-state index >= 15 is 0 Å². The van der Waals surface area contributed by atoms with E-state index in [9.17, 15) is 0 Å². The number of hydrogen-bond acceptors (Lipinski definition) is 5. The van der Waals surface area contributed by atoms with Crippen molar-refractivity contribution in [2.24, 2.45) is 5.10 Å². The molecule has 0 bridgehead atoms. The molecule has 1 N–H and O–H groups in total. The Morgan fingerprint density at radius 1 is 1.33 bits per heavy atom. The van der Waals surface area contributed by atoms with Crippen LogP contribution in [0.5, 0.6) is 5.75 Å². The molecule has 0 aliphatic rings. The molecule has 5 heteroatoms. The number of nitrogens with zero attached hydrogens (tertiary/aromatic N) is 3. The molecule has 18 heavy (non-hydrogen) atoms. The Labute approximate surface area is 106 Å². The first-order valence-corrected chi connectivity index (χ1v) is 5.17. The third kappa shape index (κ3) is 4.38. The third-order valence-electron chi connectivity index (χ3n) is 1.85. The number of hydrogen-bond donors (Lipinski definition) is 1. The summed E-state index contributed by atoms with van der Waals surface area (Å²) in [6.45, 7) is 6.09. The van der Waals surface area contributed by atoms with Crippen molar-refractivity contribution in [3.63, 3.8) is 0 Å². The summed E-state index contributed by atoms with van der Waals surface area (Å²) in [6, 6.07) is 10.3. The molecular formula is C13H12N4O. The second kappa shape index (κ2) is 6.72. The number of rotatable bonds is 5. The second-order valence-electron chi connectivity index (χ2n) is 3.57. The molecular weight excluding hydrogens is 228 g/mol. The standard InChI is InChI=1S/C13H12N4O/c1-10(2)9-18-13-5-3-11(4-6-13)16-17-12(7-14)8-15/h3-6,16H,1,9H2,2H3. The zero-order chi connectivity index (χ0) is 13.4. The first kappa shape index (κ1) is 13.3. The molecule has 0 saturated carbocycles. The lowest BCUT2D eigenvalue weighted by Crippen LogP contribution is -1.98. The van der Waals surface area contributed by atoms with E-state index < -0.39 is 0 Å². The molecule has 1 aromatic carbocycles. The van der Waals surface area contributed by atoms with Crippen LogP contribution in [0.2, 0.25) is 0 Å². The molecule has 0 amide bonds. The van der Waals surface area contributed by atoms with Crippen molar-refractivity contribution in [1.29, 1.82) is 10.5 Å². The molecule has 0 unspecified atom stereocenters. The zero-order valence-electron chi connectivity index (χ0n) is 9.97. The van der Waals surface area contributed by atoms with Crippen molar-refractivity contribution >= 4 is 11.4 Å². The maximum absolute atomic E-state index is 8.50. The Kier molecular flexibility index (Phi) is 4.96. The average molecular weight is 240 g/mol. The zero-order valence-corrected chi connectivity index (χ0v) is 9.97. The average Bonchev–Trinajstić information content (AvgIpc) is 2.39. The molecule has 1 aromatic rings. The molecule has 1 rings (SSSR count). The van der Waals surface area contributed by atoms with Crippen LogP contribution in [0.15, 0.2) is 41.5 Å². The lowest BCUT2D eigenvalue weighted by Gasteiger charge is -2.06. The number of nitriles is 2. The molecule has 0 heterocycles. The summed E-state index contributed by atoms with van der Waals surface area (Å²) in [5.41, 5.74) is 3.99. The number of ether oxygens (including phenoxy) is 1. The van der Waals surface area contributed by atoms with E-state index in [-0.39, 0.29) is 5.71 Å². The highest BCUT2D eigenvalue weighted by atomic mass is 16.5. The lowest BCUT2D eigenvalue weighted by atomic mass is 10.3. The quantitative estimate of drug-likeness (QED) is 0.487. The van der Waals surface area contributed by atoms with Gasteiger partial charge < -0.3 is 4.74 Å².